The van der Waals surface area contributed by atoms with Gasteiger partial charge in [0.2, 0.25) is 0 Å². The highest BCUT2D eigenvalue weighted by Crippen LogP contribution is 2.30. The van der Waals surface area contributed by atoms with Gasteiger partial charge in [0.15, 0.2) is 11.5 Å². The Morgan fingerprint density at radius 3 is 2.52 bits per heavy atom. The lowest BCUT2D eigenvalue weighted by molar-refractivity contribution is 0.317. The van der Waals surface area contributed by atoms with Crippen molar-refractivity contribution in [3.63, 3.8) is 0 Å². The van der Waals surface area contributed by atoms with E-state index in [4.69, 9.17) is 15.2 Å². The van der Waals surface area contributed by atoms with Gasteiger partial charge in [0.1, 0.15) is 5.75 Å². The van der Waals surface area contributed by atoms with Crippen LogP contribution in [0.4, 0.5) is 0 Å². The van der Waals surface area contributed by atoms with Crippen LogP contribution in [-0.2, 0) is 6.42 Å². The van der Waals surface area contributed by atoms with Crippen LogP contribution in [0, 0.1) is 0 Å². The van der Waals surface area contributed by atoms with Gasteiger partial charge in [0, 0.05) is 5.92 Å². The average Bonchev–Trinajstić information content (AvgIpc) is 2.56. The first-order chi connectivity index (χ1) is 11.2. The van der Waals surface area contributed by atoms with Crippen molar-refractivity contribution in [2.45, 2.75) is 26.2 Å². The quantitative estimate of drug-likeness (QED) is 0.783. The molecule has 3 N–H and O–H groups in total. The van der Waals surface area contributed by atoms with Crippen LogP contribution in [0.2, 0.25) is 0 Å². The van der Waals surface area contributed by atoms with Gasteiger partial charge in [-0.1, -0.05) is 18.2 Å². The Labute approximate surface area is 137 Å². The predicted molar refractivity (Wildman–Crippen MR) is 92.4 cm³/mol. The third-order valence-electron chi connectivity index (χ3n) is 3.73. The molecule has 0 amide bonds. The summed E-state index contributed by atoms with van der Waals surface area (Å²) in [5, 5.41) is 9.80. The van der Waals surface area contributed by atoms with Crippen molar-refractivity contribution in [3.8, 4) is 17.2 Å². The number of hydrogen-bond donors (Lipinski definition) is 2. The molecule has 2 aromatic rings. The molecule has 0 fully saturated rings. The van der Waals surface area contributed by atoms with Gasteiger partial charge >= 0.3 is 0 Å². The highest BCUT2D eigenvalue weighted by Gasteiger charge is 2.13. The number of ether oxygens (including phenoxy) is 2. The van der Waals surface area contributed by atoms with Gasteiger partial charge in [-0.3, -0.25) is 0 Å². The van der Waals surface area contributed by atoms with Crippen LogP contribution in [0.3, 0.4) is 0 Å². The number of rotatable bonds is 8. The van der Waals surface area contributed by atoms with E-state index in [-0.39, 0.29) is 11.7 Å². The summed E-state index contributed by atoms with van der Waals surface area (Å²) in [6, 6.07) is 13.5. The Balaban J connectivity index is 2.19. The van der Waals surface area contributed by atoms with Gasteiger partial charge in [-0.05, 0) is 62.2 Å². The third-order valence-corrected chi connectivity index (χ3v) is 3.73. The topological polar surface area (TPSA) is 64.7 Å². The Kier molecular flexibility index (Phi) is 6.29. The van der Waals surface area contributed by atoms with Crippen LogP contribution in [-0.4, -0.2) is 24.9 Å². The van der Waals surface area contributed by atoms with E-state index in [1.54, 1.807) is 6.07 Å². The molecule has 2 rings (SSSR count). The second-order valence-corrected chi connectivity index (χ2v) is 5.38. The Morgan fingerprint density at radius 2 is 1.83 bits per heavy atom. The standard InChI is InChI=1S/C19H25NO3/c1-3-22-17-7-5-6-15(12-17)16(13-20)10-14-8-9-18(21)19(11-14)23-4-2/h5-9,11-12,16,21H,3-4,10,13,20H2,1-2H3. The molecule has 124 valence electrons. The van der Waals surface area contributed by atoms with Gasteiger partial charge in [0.05, 0.1) is 13.2 Å². The highest BCUT2D eigenvalue weighted by atomic mass is 16.5. The van der Waals surface area contributed by atoms with Crippen LogP contribution in [0.15, 0.2) is 42.5 Å². The molecule has 23 heavy (non-hydrogen) atoms. The highest BCUT2D eigenvalue weighted by molar-refractivity contribution is 5.42. The maximum atomic E-state index is 9.80. The van der Waals surface area contributed by atoms with Crippen molar-refractivity contribution in [3.05, 3.63) is 53.6 Å². The van der Waals surface area contributed by atoms with Crippen molar-refractivity contribution in [2.24, 2.45) is 5.73 Å². The minimum Gasteiger partial charge on any atom is -0.504 e. The average molecular weight is 315 g/mol. The number of phenolic OH excluding ortho intramolecular Hbond substituents is 1. The van der Waals surface area contributed by atoms with Crippen LogP contribution in [0.1, 0.15) is 30.9 Å². The Hall–Kier alpha value is -2.20. The largest absolute Gasteiger partial charge is 0.504 e. The minimum absolute atomic E-state index is 0.165. The van der Waals surface area contributed by atoms with Crippen molar-refractivity contribution >= 4 is 0 Å². The monoisotopic (exact) mass is 315 g/mol. The molecule has 0 radical (unpaired) electrons. The fourth-order valence-electron chi connectivity index (χ4n) is 2.60. The molecule has 4 nitrogen and oxygen atoms in total. The van der Waals surface area contributed by atoms with Crippen molar-refractivity contribution in [1.82, 2.24) is 0 Å². The normalized spacial score (nSPS) is 12.0. The smallest absolute Gasteiger partial charge is 0.161 e. The predicted octanol–water partition coefficient (Wildman–Crippen LogP) is 3.47. The van der Waals surface area contributed by atoms with Crippen LogP contribution < -0.4 is 15.2 Å². The van der Waals surface area contributed by atoms with Gasteiger partial charge in [-0.15, -0.1) is 0 Å². The first-order valence-electron chi connectivity index (χ1n) is 8.05. The van der Waals surface area contributed by atoms with E-state index >= 15 is 0 Å². The van der Waals surface area contributed by atoms with Gasteiger partial charge in [-0.2, -0.15) is 0 Å². The second-order valence-electron chi connectivity index (χ2n) is 5.38. The third kappa shape index (κ3) is 4.63. The first kappa shape index (κ1) is 17.2. The van der Waals surface area contributed by atoms with Crippen molar-refractivity contribution in [1.29, 1.82) is 0 Å². The van der Waals surface area contributed by atoms with E-state index in [0.717, 1.165) is 23.3 Å². The molecular weight excluding hydrogens is 290 g/mol. The zero-order valence-electron chi connectivity index (χ0n) is 13.8. The SMILES string of the molecule is CCOc1cccc(C(CN)Cc2ccc(O)c(OCC)c2)c1. The van der Waals surface area contributed by atoms with Crippen LogP contribution in [0.25, 0.3) is 0 Å². The molecule has 0 bridgehead atoms. The van der Waals surface area contributed by atoms with E-state index < -0.39 is 0 Å². The molecule has 0 aromatic heterocycles. The fraction of sp³-hybridized carbons (Fsp3) is 0.368. The number of hydrogen-bond acceptors (Lipinski definition) is 4. The lowest BCUT2D eigenvalue weighted by atomic mass is 9.92. The van der Waals surface area contributed by atoms with Crippen molar-refractivity contribution < 1.29 is 14.6 Å². The lowest BCUT2D eigenvalue weighted by Crippen LogP contribution is -2.15. The molecule has 0 aliphatic rings. The molecule has 1 atom stereocenters. The van der Waals surface area contributed by atoms with Gasteiger partial charge in [-0.25, -0.2) is 0 Å². The second kappa shape index (κ2) is 8.44. The lowest BCUT2D eigenvalue weighted by Gasteiger charge is -2.17. The maximum Gasteiger partial charge on any atom is 0.161 e. The zero-order chi connectivity index (χ0) is 16.7. The van der Waals surface area contributed by atoms with E-state index in [0.29, 0.717) is 25.5 Å². The van der Waals surface area contributed by atoms with Gasteiger partial charge in [0.25, 0.3) is 0 Å². The number of phenols is 1. The number of aromatic hydroxyl groups is 1. The van der Waals surface area contributed by atoms with Gasteiger partial charge < -0.3 is 20.3 Å². The summed E-state index contributed by atoms with van der Waals surface area (Å²) >= 11 is 0. The van der Waals surface area contributed by atoms with Crippen molar-refractivity contribution in [2.75, 3.05) is 19.8 Å². The van der Waals surface area contributed by atoms with Crippen LogP contribution in [0.5, 0.6) is 17.2 Å². The molecule has 0 heterocycles. The molecule has 0 spiro atoms. The molecule has 4 heteroatoms. The summed E-state index contributed by atoms with van der Waals surface area (Å²) in [4.78, 5) is 0. The first-order valence-corrected chi connectivity index (χ1v) is 8.05. The van der Waals surface area contributed by atoms with Crippen LogP contribution >= 0.6 is 0 Å². The molecular formula is C19H25NO3. The Morgan fingerprint density at radius 1 is 1.04 bits per heavy atom. The summed E-state index contributed by atoms with van der Waals surface area (Å²) in [7, 11) is 0. The maximum absolute atomic E-state index is 9.80. The molecule has 0 saturated carbocycles. The summed E-state index contributed by atoms with van der Waals surface area (Å²) in [6.07, 6.45) is 0.784. The summed E-state index contributed by atoms with van der Waals surface area (Å²) in [5.41, 5.74) is 8.23. The van der Waals surface area contributed by atoms with E-state index in [9.17, 15) is 5.11 Å². The molecule has 0 aliphatic carbocycles. The molecule has 0 aliphatic heterocycles. The molecule has 2 aromatic carbocycles. The number of benzene rings is 2. The zero-order valence-corrected chi connectivity index (χ0v) is 13.8. The Bertz CT molecular complexity index is 628. The molecule has 0 saturated heterocycles. The summed E-state index contributed by atoms with van der Waals surface area (Å²) < 4.78 is 11.0. The summed E-state index contributed by atoms with van der Waals surface area (Å²) in [6.45, 7) is 5.58. The fourth-order valence-corrected chi connectivity index (χ4v) is 2.60. The minimum atomic E-state index is 0.165. The van der Waals surface area contributed by atoms with E-state index in [1.807, 2.05) is 44.2 Å². The summed E-state index contributed by atoms with van der Waals surface area (Å²) in [5.74, 6) is 1.74. The van der Waals surface area contributed by atoms with E-state index in [2.05, 4.69) is 6.07 Å². The van der Waals surface area contributed by atoms with E-state index in [1.165, 1.54) is 0 Å². The number of nitrogens with two attached hydrogens (primary N) is 1. The molecule has 1 unspecified atom stereocenters.